The minimum absolute atomic E-state index is 0.140. The molecule has 0 radical (unpaired) electrons. The number of fused-ring (bicyclic) bond motifs is 1. The zero-order chi connectivity index (χ0) is 14.3. The predicted octanol–water partition coefficient (Wildman–Crippen LogP) is 2.25. The maximum absolute atomic E-state index is 12.4. The summed E-state index contributed by atoms with van der Waals surface area (Å²) in [5.74, 6) is 0.358. The zero-order valence-electron chi connectivity index (χ0n) is 11.1. The van der Waals surface area contributed by atoms with Crippen molar-refractivity contribution in [3.05, 3.63) is 40.1 Å². The Balaban J connectivity index is 2.33. The minimum Gasteiger partial charge on any atom is -0.484 e. The van der Waals surface area contributed by atoms with E-state index in [1.807, 2.05) is 0 Å². The van der Waals surface area contributed by atoms with Gasteiger partial charge in [-0.15, -0.1) is 6.58 Å². The van der Waals surface area contributed by atoms with Gasteiger partial charge in [0.05, 0.1) is 23.3 Å². The molecule has 0 unspecified atom stereocenters. The summed E-state index contributed by atoms with van der Waals surface area (Å²) in [5.41, 5.74) is 1.84. The largest absolute Gasteiger partial charge is 0.484 e. The Labute approximate surface area is 120 Å². The van der Waals surface area contributed by atoms with Crippen LogP contribution in [0.3, 0.4) is 0 Å². The third-order valence-corrected chi connectivity index (χ3v) is 3.50. The molecule has 20 heavy (non-hydrogen) atoms. The van der Waals surface area contributed by atoms with Crippen molar-refractivity contribution in [2.45, 2.75) is 25.4 Å². The predicted molar refractivity (Wildman–Crippen MR) is 77.3 cm³/mol. The summed E-state index contributed by atoms with van der Waals surface area (Å²) in [4.78, 5) is 20.6. The second-order valence-corrected chi connectivity index (χ2v) is 5.19. The molecule has 1 fully saturated rings. The maximum atomic E-state index is 12.4. The number of rotatable bonds is 4. The third kappa shape index (κ3) is 2.18. The standard InChI is InChI=1S/C14H14ClN3O2/c1-3-4-9-11-10(7-16-14(15)17-11)18(2)13(19)12(9)20-8-5-6-8/h3,7-8H,1,4-6H2,2H3. The second-order valence-electron chi connectivity index (χ2n) is 4.85. The van der Waals surface area contributed by atoms with Gasteiger partial charge in [0.2, 0.25) is 5.28 Å². The molecular weight excluding hydrogens is 278 g/mol. The molecule has 0 aromatic carbocycles. The highest BCUT2D eigenvalue weighted by Crippen LogP contribution is 2.30. The molecule has 1 saturated carbocycles. The first-order chi connectivity index (χ1) is 9.61. The van der Waals surface area contributed by atoms with E-state index in [9.17, 15) is 4.79 Å². The van der Waals surface area contributed by atoms with Crippen molar-refractivity contribution in [1.29, 1.82) is 0 Å². The zero-order valence-corrected chi connectivity index (χ0v) is 11.9. The average molecular weight is 292 g/mol. The van der Waals surface area contributed by atoms with Crippen LogP contribution < -0.4 is 10.3 Å². The van der Waals surface area contributed by atoms with Crippen LogP contribution in [0.4, 0.5) is 0 Å². The highest BCUT2D eigenvalue weighted by Gasteiger charge is 2.27. The molecule has 2 aromatic heterocycles. The molecule has 0 aliphatic heterocycles. The lowest BCUT2D eigenvalue weighted by atomic mass is 10.1. The van der Waals surface area contributed by atoms with Gasteiger partial charge in [-0.05, 0) is 30.9 Å². The Morgan fingerprint density at radius 3 is 3.00 bits per heavy atom. The number of aryl methyl sites for hydroxylation is 1. The van der Waals surface area contributed by atoms with E-state index in [4.69, 9.17) is 16.3 Å². The molecule has 5 nitrogen and oxygen atoms in total. The lowest BCUT2D eigenvalue weighted by Gasteiger charge is -2.14. The topological polar surface area (TPSA) is 57.0 Å². The highest BCUT2D eigenvalue weighted by molar-refractivity contribution is 6.28. The number of hydrogen-bond donors (Lipinski definition) is 0. The van der Waals surface area contributed by atoms with E-state index < -0.39 is 0 Å². The van der Waals surface area contributed by atoms with Crippen LogP contribution in [0.2, 0.25) is 5.28 Å². The number of hydrogen-bond acceptors (Lipinski definition) is 4. The van der Waals surface area contributed by atoms with Gasteiger partial charge < -0.3 is 9.30 Å². The molecule has 1 aliphatic rings. The monoisotopic (exact) mass is 291 g/mol. The summed E-state index contributed by atoms with van der Waals surface area (Å²) in [5, 5.41) is 0.152. The fourth-order valence-electron chi connectivity index (χ4n) is 2.13. The summed E-state index contributed by atoms with van der Waals surface area (Å²) >= 11 is 5.88. The Morgan fingerprint density at radius 1 is 1.60 bits per heavy atom. The van der Waals surface area contributed by atoms with Crippen LogP contribution in [0.15, 0.2) is 23.6 Å². The Kier molecular flexibility index (Phi) is 3.22. The number of aromatic nitrogens is 3. The molecule has 0 spiro atoms. The molecule has 0 saturated heterocycles. The fraction of sp³-hybridized carbons (Fsp3) is 0.357. The van der Waals surface area contributed by atoms with Gasteiger partial charge in [0.1, 0.15) is 0 Å². The van der Waals surface area contributed by atoms with Gasteiger partial charge in [0.15, 0.2) is 5.75 Å². The van der Waals surface area contributed by atoms with Crippen molar-refractivity contribution >= 4 is 22.6 Å². The van der Waals surface area contributed by atoms with Gasteiger partial charge >= 0.3 is 0 Å². The summed E-state index contributed by atoms with van der Waals surface area (Å²) in [6.45, 7) is 3.73. The summed E-state index contributed by atoms with van der Waals surface area (Å²) in [7, 11) is 1.68. The lowest BCUT2D eigenvalue weighted by Crippen LogP contribution is -2.23. The molecule has 0 atom stereocenters. The van der Waals surface area contributed by atoms with Crippen molar-refractivity contribution in [2.24, 2.45) is 7.05 Å². The molecule has 104 valence electrons. The van der Waals surface area contributed by atoms with Crippen LogP contribution in [0.1, 0.15) is 18.4 Å². The first kappa shape index (κ1) is 13.1. The van der Waals surface area contributed by atoms with Gasteiger partial charge in [-0.1, -0.05) is 6.08 Å². The van der Waals surface area contributed by atoms with Crippen molar-refractivity contribution in [3.8, 4) is 5.75 Å². The van der Waals surface area contributed by atoms with Gasteiger partial charge in [-0.3, -0.25) is 4.79 Å². The molecule has 6 heteroatoms. The molecule has 2 heterocycles. The van der Waals surface area contributed by atoms with Crippen LogP contribution in [-0.2, 0) is 13.5 Å². The number of halogens is 1. The second kappa shape index (κ2) is 4.90. The lowest BCUT2D eigenvalue weighted by molar-refractivity contribution is 0.295. The summed E-state index contributed by atoms with van der Waals surface area (Å²) < 4.78 is 7.28. The van der Waals surface area contributed by atoms with E-state index in [1.54, 1.807) is 19.3 Å². The van der Waals surface area contributed by atoms with Crippen molar-refractivity contribution in [1.82, 2.24) is 14.5 Å². The van der Waals surface area contributed by atoms with Crippen LogP contribution in [0, 0.1) is 0 Å². The van der Waals surface area contributed by atoms with Crippen LogP contribution in [-0.4, -0.2) is 20.6 Å². The van der Waals surface area contributed by atoms with Crippen molar-refractivity contribution in [3.63, 3.8) is 0 Å². The Bertz CT molecular complexity index is 750. The first-order valence-electron chi connectivity index (χ1n) is 6.43. The fourth-order valence-corrected chi connectivity index (χ4v) is 2.26. The van der Waals surface area contributed by atoms with Gasteiger partial charge in [0, 0.05) is 12.6 Å². The van der Waals surface area contributed by atoms with Crippen LogP contribution in [0.5, 0.6) is 5.75 Å². The van der Waals surface area contributed by atoms with Gasteiger partial charge in [-0.2, -0.15) is 0 Å². The van der Waals surface area contributed by atoms with Crippen LogP contribution >= 0.6 is 11.6 Å². The first-order valence-corrected chi connectivity index (χ1v) is 6.81. The molecule has 2 aromatic rings. The SMILES string of the molecule is C=CCc1c(OC2CC2)c(=O)n(C)c2cnc(Cl)nc12. The molecule has 1 aliphatic carbocycles. The third-order valence-electron chi connectivity index (χ3n) is 3.32. The highest BCUT2D eigenvalue weighted by atomic mass is 35.5. The smallest absolute Gasteiger partial charge is 0.293 e. The minimum atomic E-state index is -0.174. The molecule has 0 bridgehead atoms. The molecular formula is C14H14ClN3O2. The van der Waals surface area contributed by atoms with Crippen molar-refractivity contribution in [2.75, 3.05) is 0 Å². The number of allylic oxidation sites excluding steroid dienone is 1. The average Bonchev–Trinajstić information content (AvgIpc) is 3.24. The Morgan fingerprint density at radius 2 is 2.35 bits per heavy atom. The molecule has 3 rings (SSSR count). The van der Waals surface area contributed by atoms with Crippen molar-refractivity contribution < 1.29 is 4.74 Å². The van der Waals surface area contributed by atoms with Crippen LogP contribution in [0.25, 0.3) is 11.0 Å². The van der Waals surface area contributed by atoms with Gasteiger partial charge in [-0.25, -0.2) is 9.97 Å². The van der Waals surface area contributed by atoms with E-state index in [1.165, 1.54) is 4.57 Å². The van der Waals surface area contributed by atoms with E-state index in [2.05, 4.69) is 16.5 Å². The molecule has 0 amide bonds. The number of ether oxygens (including phenoxy) is 1. The quantitative estimate of drug-likeness (QED) is 0.640. The maximum Gasteiger partial charge on any atom is 0.293 e. The number of nitrogens with zero attached hydrogens (tertiary/aromatic N) is 3. The molecule has 0 N–H and O–H groups in total. The van der Waals surface area contributed by atoms with Gasteiger partial charge in [0.25, 0.3) is 5.56 Å². The summed E-state index contributed by atoms with van der Waals surface area (Å²) in [6.07, 6.45) is 5.89. The summed E-state index contributed by atoms with van der Waals surface area (Å²) in [6, 6.07) is 0. The van der Waals surface area contributed by atoms with E-state index in [-0.39, 0.29) is 16.9 Å². The normalized spacial score (nSPS) is 14.5. The van der Waals surface area contributed by atoms with E-state index >= 15 is 0 Å². The van der Waals surface area contributed by atoms with E-state index in [0.717, 1.165) is 18.4 Å². The van der Waals surface area contributed by atoms with E-state index in [0.29, 0.717) is 23.2 Å². The Hall–Kier alpha value is -1.88. The number of pyridine rings is 1.